The van der Waals surface area contributed by atoms with Crippen LogP contribution < -0.4 is 14.8 Å². The largest absolute Gasteiger partial charge is 0.492 e. The number of halogens is 2. The zero-order chi connectivity index (χ0) is 19.2. The predicted molar refractivity (Wildman–Crippen MR) is 104 cm³/mol. The van der Waals surface area contributed by atoms with E-state index in [1.165, 1.54) is 13.1 Å². The minimum Gasteiger partial charge on any atom is -0.492 e. The highest BCUT2D eigenvalue weighted by molar-refractivity contribution is 7.91. The first-order valence-corrected chi connectivity index (χ1v) is 10.7. The number of sulfonamides is 1. The van der Waals surface area contributed by atoms with Gasteiger partial charge in [0.25, 0.3) is 0 Å². The van der Waals surface area contributed by atoms with Crippen molar-refractivity contribution in [2.75, 3.05) is 13.7 Å². The van der Waals surface area contributed by atoms with E-state index in [-0.39, 0.29) is 23.1 Å². The van der Waals surface area contributed by atoms with E-state index in [4.69, 9.17) is 27.9 Å². The molecule has 0 aliphatic heterocycles. The Hall–Kier alpha value is -1.32. The molecule has 1 aromatic carbocycles. The number of amides is 1. The maximum Gasteiger partial charge on any atom is 0.249 e. The van der Waals surface area contributed by atoms with Crippen molar-refractivity contribution in [2.24, 2.45) is 0 Å². The van der Waals surface area contributed by atoms with Gasteiger partial charge in [-0.15, -0.1) is 11.3 Å². The van der Waals surface area contributed by atoms with Gasteiger partial charge in [-0.2, -0.15) is 0 Å². The van der Waals surface area contributed by atoms with E-state index in [0.29, 0.717) is 28.8 Å². The van der Waals surface area contributed by atoms with E-state index in [2.05, 4.69) is 10.0 Å². The Morgan fingerprint density at radius 1 is 1.23 bits per heavy atom. The highest BCUT2D eigenvalue weighted by Crippen LogP contribution is 2.27. The van der Waals surface area contributed by atoms with Crippen LogP contribution in [-0.2, 0) is 21.4 Å². The van der Waals surface area contributed by atoms with Crippen LogP contribution in [0.4, 0.5) is 0 Å². The zero-order valence-corrected chi connectivity index (χ0v) is 17.1. The molecule has 1 aromatic heterocycles. The van der Waals surface area contributed by atoms with Crippen LogP contribution >= 0.6 is 34.5 Å². The second-order valence-corrected chi connectivity index (χ2v) is 9.36. The summed E-state index contributed by atoms with van der Waals surface area (Å²) in [5, 5.41) is 3.71. The van der Waals surface area contributed by atoms with Gasteiger partial charge in [-0.3, -0.25) is 4.79 Å². The van der Waals surface area contributed by atoms with Crippen LogP contribution in [0, 0.1) is 0 Å². The zero-order valence-electron chi connectivity index (χ0n) is 13.9. The molecule has 142 valence electrons. The van der Waals surface area contributed by atoms with Gasteiger partial charge in [0, 0.05) is 16.3 Å². The number of carbonyl (C=O) groups is 1. The first-order chi connectivity index (χ1) is 12.3. The number of carbonyl (C=O) groups excluding carboxylic acids is 1. The molecule has 2 rings (SSSR count). The summed E-state index contributed by atoms with van der Waals surface area (Å²) in [4.78, 5) is 12.6. The van der Waals surface area contributed by atoms with Crippen LogP contribution in [0.3, 0.4) is 0 Å². The fourth-order valence-corrected chi connectivity index (χ4v) is 4.58. The van der Waals surface area contributed by atoms with Crippen LogP contribution in [0.25, 0.3) is 0 Å². The van der Waals surface area contributed by atoms with Crippen molar-refractivity contribution in [3.05, 3.63) is 45.3 Å². The summed E-state index contributed by atoms with van der Waals surface area (Å²) in [6.07, 6.45) is 0.812. The summed E-state index contributed by atoms with van der Waals surface area (Å²) in [6, 6.07) is 8.15. The molecular formula is C16H18Cl2N2O4S2. The third kappa shape index (κ3) is 6.14. The van der Waals surface area contributed by atoms with Crippen LogP contribution in [0.15, 0.2) is 34.5 Å². The highest BCUT2D eigenvalue weighted by Gasteiger charge is 2.14. The maximum absolute atomic E-state index is 11.9. The molecule has 0 aliphatic carbocycles. The average Bonchev–Trinajstić information content (AvgIpc) is 3.08. The maximum atomic E-state index is 11.9. The normalized spacial score (nSPS) is 11.3. The Morgan fingerprint density at radius 3 is 2.69 bits per heavy atom. The molecule has 0 radical (unpaired) electrons. The van der Waals surface area contributed by atoms with Gasteiger partial charge in [0.15, 0.2) is 0 Å². The van der Waals surface area contributed by atoms with Crippen LogP contribution in [-0.4, -0.2) is 28.0 Å². The van der Waals surface area contributed by atoms with Crippen LogP contribution in [0.2, 0.25) is 10.0 Å². The number of benzene rings is 1. The lowest BCUT2D eigenvalue weighted by Gasteiger charge is -2.08. The molecule has 0 unspecified atom stereocenters. The Labute approximate surface area is 166 Å². The number of hydrogen-bond acceptors (Lipinski definition) is 5. The van der Waals surface area contributed by atoms with Crippen LogP contribution in [0.1, 0.15) is 17.7 Å². The first kappa shape index (κ1) is 21.0. The fraction of sp³-hybridized carbons (Fsp3) is 0.312. The Balaban J connectivity index is 1.71. The quantitative estimate of drug-likeness (QED) is 0.589. The van der Waals surface area contributed by atoms with Crippen molar-refractivity contribution in [1.29, 1.82) is 0 Å². The molecule has 10 heteroatoms. The van der Waals surface area contributed by atoms with Crippen LogP contribution in [0.5, 0.6) is 5.75 Å². The molecule has 2 N–H and O–H groups in total. The molecular weight excluding hydrogens is 419 g/mol. The number of hydrogen-bond donors (Lipinski definition) is 2. The molecule has 2 aromatic rings. The molecule has 1 amide bonds. The molecule has 0 aliphatic rings. The van der Waals surface area contributed by atoms with Crippen molar-refractivity contribution in [2.45, 2.75) is 23.6 Å². The first-order valence-electron chi connectivity index (χ1n) is 7.68. The van der Waals surface area contributed by atoms with Gasteiger partial charge in [-0.05, 0) is 43.8 Å². The summed E-state index contributed by atoms with van der Waals surface area (Å²) >= 11 is 12.9. The van der Waals surface area contributed by atoms with E-state index < -0.39 is 10.0 Å². The lowest BCUT2D eigenvalue weighted by Crippen LogP contribution is -2.22. The van der Waals surface area contributed by atoms with Gasteiger partial charge in [0.2, 0.25) is 15.9 Å². The number of nitrogens with one attached hydrogen (secondary N) is 2. The molecule has 0 bridgehead atoms. The van der Waals surface area contributed by atoms with Crippen molar-refractivity contribution >= 4 is 50.5 Å². The summed E-state index contributed by atoms with van der Waals surface area (Å²) in [5.74, 6) is 0.385. The molecule has 6 nitrogen and oxygen atoms in total. The van der Waals surface area contributed by atoms with Gasteiger partial charge in [-0.25, -0.2) is 13.1 Å². The average molecular weight is 437 g/mol. The van der Waals surface area contributed by atoms with Gasteiger partial charge in [-0.1, -0.05) is 23.2 Å². The molecule has 0 atom stereocenters. The van der Waals surface area contributed by atoms with E-state index in [9.17, 15) is 13.2 Å². The van der Waals surface area contributed by atoms with Crippen molar-refractivity contribution in [3.8, 4) is 5.75 Å². The SMILES string of the molecule is CNS(=O)(=O)c1ccc(CNC(=O)CCCOc2ccc(Cl)cc2Cl)s1. The second kappa shape index (κ2) is 9.57. The monoisotopic (exact) mass is 436 g/mol. The van der Waals surface area contributed by atoms with Gasteiger partial charge >= 0.3 is 0 Å². The summed E-state index contributed by atoms with van der Waals surface area (Å²) in [7, 11) is -2.09. The van der Waals surface area contributed by atoms with Gasteiger partial charge in [0.05, 0.1) is 18.2 Å². The van der Waals surface area contributed by atoms with E-state index in [0.717, 1.165) is 16.2 Å². The predicted octanol–water partition coefficient (Wildman–Crippen LogP) is 3.44. The molecule has 1 heterocycles. The fourth-order valence-electron chi connectivity index (χ4n) is 1.98. The highest BCUT2D eigenvalue weighted by atomic mass is 35.5. The van der Waals surface area contributed by atoms with Crippen molar-refractivity contribution in [1.82, 2.24) is 10.0 Å². The third-order valence-corrected chi connectivity index (χ3v) is 6.85. The van der Waals surface area contributed by atoms with E-state index in [1.807, 2.05) is 0 Å². The number of thiophene rings is 1. The van der Waals surface area contributed by atoms with E-state index in [1.54, 1.807) is 24.3 Å². The minimum atomic E-state index is -3.45. The van der Waals surface area contributed by atoms with Gasteiger partial charge in [0.1, 0.15) is 9.96 Å². The second-order valence-electron chi connectivity index (χ2n) is 5.23. The lowest BCUT2D eigenvalue weighted by atomic mass is 10.3. The summed E-state index contributed by atoms with van der Waals surface area (Å²) < 4.78 is 31.3. The molecule has 0 saturated heterocycles. The smallest absolute Gasteiger partial charge is 0.249 e. The third-order valence-electron chi connectivity index (χ3n) is 3.33. The Morgan fingerprint density at radius 2 is 2.00 bits per heavy atom. The number of ether oxygens (including phenoxy) is 1. The standard InChI is InChI=1S/C16H18Cl2N2O4S2/c1-19-26(22,23)16-7-5-12(25-16)10-20-15(21)3-2-8-24-14-6-4-11(17)9-13(14)18/h4-7,9,19H,2-3,8,10H2,1H3,(H,20,21). The lowest BCUT2D eigenvalue weighted by molar-refractivity contribution is -0.121. The number of rotatable bonds is 9. The van der Waals surface area contributed by atoms with E-state index >= 15 is 0 Å². The molecule has 0 spiro atoms. The van der Waals surface area contributed by atoms with Crippen molar-refractivity contribution in [3.63, 3.8) is 0 Å². The molecule has 0 saturated carbocycles. The van der Waals surface area contributed by atoms with Crippen molar-refractivity contribution < 1.29 is 17.9 Å². The Kier molecular flexibility index (Phi) is 7.72. The summed E-state index contributed by atoms with van der Waals surface area (Å²) in [6.45, 7) is 0.630. The van der Waals surface area contributed by atoms with Gasteiger partial charge < -0.3 is 10.1 Å². The molecule has 0 fully saturated rings. The Bertz CT molecular complexity index is 869. The minimum absolute atomic E-state index is 0.137. The summed E-state index contributed by atoms with van der Waals surface area (Å²) in [5.41, 5.74) is 0. The molecule has 26 heavy (non-hydrogen) atoms. The topological polar surface area (TPSA) is 84.5 Å².